The molecule has 0 unspecified atom stereocenters. The van der Waals surface area contributed by atoms with Crippen LogP contribution < -0.4 is 10.6 Å². The molecule has 0 fully saturated rings. The summed E-state index contributed by atoms with van der Waals surface area (Å²) in [6.45, 7) is 8.15. The Morgan fingerprint density at radius 1 is 1.00 bits per heavy atom. The van der Waals surface area contributed by atoms with E-state index >= 15 is 0 Å². The number of nitrogens with zero attached hydrogens (tertiary/aromatic N) is 2. The van der Waals surface area contributed by atoms with Gasteiger partial charge in [-0.05, 0) is 48.2 Å². The van der Waals surface area contributed by atoms with Crippen LogP contribution in [0.25, 0.3) is 0 Å². The number of carbonyl (C=O) groups excluding carboxylic acids is 1. The van der Waals surface area contributed by atoms with Gasteiger partial charge in [-0.25, -0.2) is 14.4 Å². The summed E-state index contributed by atoms with van der Waals surface area (Å²) in [5.74, 6) is -0.610. The lowest BCUT2D eigenvalue weighted by Gasteiger charge is -2.19. The van der Waals surface area contributed by atoms with Gasteiger partial charge < -0.3 is 10.6 Å². The summed E-state index contributed by atoms with van der Waals surface area (Å²) >= 11 is 0. The molecule has 0 spiro atoms. The Hall–Kier alpha value is -3.28. The fourth-order valence-corrected chi connectivity index (χ4v) is 2.67. The summed E-state index contributed by atoms with van der Waals surface area (Å²) in [5, 5.41) is 5.65. The van der Waals surface area contributed by atoms with Crippen LogP contribution in [0.2, 0.25) is 0 Å². The van der Waals surface area contributed by atoms with E-state index in [0.717, 1.165) is 0 Å². The van der Waals surface area contributed by atoms with Gasteiger partial charge in [0.25, 0.3) is 5.91 Å². The molecule has 0 radical (unpaired) electrons. The Morgan fingerprint density at radius 3 is 2.32 bits per heavy atom. The maximum absolute atomic E-state index is 13.8. The lowest BCUT2D eigenvalue weighted by molar-refractivity contribution is 0.102. The first kappa shape index (κ1) is 19.5. The molecule has 1 aromatic heterocycles. The van der Waals surface area contributed by atoms with Crippen molar-refractivity contribution in [2.45, 2.75) is 33.1 Å². The summed E-state index contributed by atoms with van der Waals surface area (Å²) in [4.78, 5) is 21.1. The molecular weight excluding hydrogens is 355 g/mol. The molecule has 1 heterocycles. The number of hydrogen-bond donors (Lipinski definition) is 2. The van der Waals surface area contributed by atoms with Gasteiger partial charge >= 0.3 is 0 Å². The zero-order chi connectivity index (χ0) is 20.3. The number of para-hydroxylation sites is 1. The maximum atomic E-state index is 13.8. The number of anilines is 3. The fourth-order valence-electron chi connectivity index (χ4n) is 2.67. The second-order valence-electron chi connectivity index (χ2n) is 7.60. The highest BCUT2D eigenvalue weighted by Gasteiger charge is 2.15. The van der Waals surface area contributed by atoms with E-state index in [2.05, 4.69) is 41.4 Å². The monoisotopic (exact) mass is 378 g/mol. The number of amides is 1. The largest absolute Gasteiger partial charge is 0.322 e. The third-order valence-corrected chi connectivity index (χ3v) is 4.22. The predicted molar refractivity (Wildman–Crippen MR) is 110 cm³/mol. The van der Waals surface area contributed by atoms with Gasteiger partial charge in [-0.1, -0.05) is 45.0 Å². The molecule has 28 heavy (non-hydrogen) atoms. The van der Waals surface area contributed by atoms with Gasteiger partial charge in [-0.2, -0.15) is 0 Å². The second-order valence-corrected chi connectivity index (χ2v) is 7.60. The van der Waals surface area contributed by atoms with E-state index in [1.54, 1.807) is 31.2 Å². The van der Waals surface area contributed by atoms with Crippen molar-refractivity contribution in [1.82, 2.24) is 9.97 Å². The van der Waals surface area contributed by atoms with Crippen molar-refractivity contribution in [1.29, 1.82) is 0 Å². The van der Waals surface area contributed by atoms with Gasteiger partial charge in [0.15, 0.2) is 0 Å². The van der Waals surface area contributed by atoms with E-state index in [9.17, 15) is 9.18 Å². The number of aromatic nitrogens is 2. The van der Waals surface area contributed by atoms with E-state index in [0.29, 0.717) is 11.4 Å². The Balaban J connectivity index is 1.78. The van der Waals surface area contributed by atoms with Crippen LogP contribution in [0, 0.1) is 12.7 Å². The van der Waals surface area contributed by atoms with Gasteiger partial charge in [0.05, 0.1) is 5.69 Å². The zero-order valence-corrected chi connectivity index (χ0v) is 16.4. The van der Waals surface area contributed by atoms with Crippen LogP contribution in [0.4, 0.5) is 21.7 Å². The smallest absolute Gasteiger partial charge is 0.274 e. The van der Waals surface area contributed by atoms with Gasteiger partial charge in [0.2, 0.25) is 5.95 Å². The molecule has 0 aliphatic carbocycles. The van der Waals surface area contributed by atoms with Crippen LogP contribution in [0.15, 0.2) is 54.6 Å². The molecule has 5 nitrogen and oxygen atoms in total. The van der Waals surface area contributed by atoms with Crippen molar-refractivity contribution in [2.75, 3.05) is 10.6 Å². The van der Waals surface area contributed by atoms with Crippen molar-refractivity contribution >= 4 is 23.2 Å². The molecule has 0 saturated heterocycles. The SMILES string of the molecule is Cc1cc(C(=O)Nc2ccc(C(C)(C)C)cc2)nc(Nc2ccccc2F)n1. The van der Waals surface area contributed by atoms with Crippen LogP contribution in [0.3, 0.4) is 0 Å². The number of aryl methyl sites for hydroxylation is 1. The maximum Gasteiger partial charge on any atom is 0.274 e. The van der Waals surface area contributed by atoms with Gasteiger partial charge in [-0.3, -0.25) is 4.79 Å². The minimum absolute atomic E-state index is 0.0413. The Morgan fingerprint density at radius 2 is 1.68 bits per heavy atom. The second kappa shape index (κ2) is 7.76. The molecule has 0 saturated carbocycles. The molecule has 6 heteroatoms. The lowest BCUT2D eigenvalue weighted by atomic mass is 9.87. The van der Waals surface area contributed by atoms with Crippen LogP contribution in [-0.4, -0.2) is 15.9 Å². The van der Waals surface area contributed by atoms with Gasteiger partial charge in [0.1, 0.15) is 11.5 Å². The molecule has 0 aliphatic rings. The number of halogens is 1. The molecule has 1 amide bonds. The van der Waals surface area contributed by atoms with Crippen molar-refractivity contribution in [3.8, 4) is 0 Å². The Kier molecular flexibility index (Phi) is 5.40. The fraction of sp³-hybridized carbons (Fsp3) is 0.227. The minimum Gasteiger partial charge on any atom is -0.322 e. The van der Waals surface area contributed by atoms with E-state index in [1.807, 2.05) is 24.3 Å². The minimum atomic E-state index is -0.419. The van der Waals surface area contributed by atoms with Crippen LogP contribution in [0.1, 0.15) is 42.5 Å². The van der Waals surface area contributed by atoms with Crippen LogP contribution >= 0.6 is 0 Å². The standard InChI is InChI=1S/C22H23FN4O/c1-14-13-19(27-21(24-14)26-18-8-6-5-7-17(18)23)20(28)25-16-11-9-15(10-12-16)22(2,3)4/h5-13H,1-4H3,(H,25,28)(H,24,26,27). The predicted octanol–water partition coefficient (Wildman–Crippen LogP) is 5.22. The van der Waals surface area contributed by atoms with Crippen LogP contribution in [-0.2, 0) is 5.41 Å². The molecule has 2 N–H and O–H groups in total. The lowest BCUT2D eigenvalue weighted by Crippen LogP contribution is -2.16. The van der Waals surface area contributed by atoms with E-state index < -0.39 is 5.82 Å². The summed E-state index contributed by atoms with van der Waals surface area (Å²) in [7, 11) is 0. The molecule has 3 aromatic rings. The third-order valence-electron chi connectivity index (χ3n) is 4.22. The molecular formula is C22H23FN4O. The zero-order valence-electron chi connectivity index (χ0n) is 16.4. The van der Waals surface area contributed by atoms with Gasteiger partial charge in [0, 0.05) is 11.4 Å². The summed E-state index contributed by atoms with van der Waals surface area (Å²) in [6, 6.07) is 15.5. The van der Waals surface area contributed by atoms with Crippen molar-refractivity contribution in [2.24, 2.45) is 0 Å². The molecule has 2 aromatic carbocycles. The van der Waals surface area contributed by atoms with Crippen molar-refractivity contribution in [3.05, 3.63) is 77.4 Å². The number of nitrogens with one attached hydrogen (secondary N) is 2. The van der Waals surface area contributed by atoms with E-state index in [-0.39, 0.29) is 28.7 Å². The number of carbonyl (C=O) groups is 1. The first-order chi connectivity index (χ1) is 13.2. The van der Waals surface area contributed by atoms with E-state index in [4.69, 9.17) is 0 Å². The quantitative estimate of drug-likeness (QED) is 0.653. The highest BCUT2D eigenvalue weighted by molar-refractivity contribution is 6.03. The van der Waals surface area contributed by atoms with Gasteiger partial charge in [-0.15, -0.1) is 0 Å². The van der Waals surface area contributed by atoms with Crippen molar-refractivity contribution < 1.29 is 9.18 Å². The summed E-state index contributed by atoms with van der Waals surface area (Å²) in [6.07, 6.45) is 0. The molecule has 144 valence electrons. The highest BCUT2D eigenvalue weighted by atomic mass is 19.1. The summed E-state index contributed by atoms with van der Waals surface area (Å²) < 4.78 is 13.8. The Bertz CT molecular complexity index is 994. The molecule has 0 bridgehead atoms. The molecule has 3 rings (SSSR count). The highest BCUT2D eigenvalue weighted by Crippen LogP contribution is 2.24. The molecule has 0 aliphatic heterocycles. The molecule has 0 atom stereocenters. The average Bonchev–Trinajstić information content (AvgIpc) is 2.63. The first-order valence-corrected chi connectivity index (χ1v) is 9.01. The van der Waals surface area contributed by atoms with E-state index in [1.165, 1.54) is 11.6 Å². The topological polar surface area (TPSA) is 66.9 Å². The summed E-state index contributed by atoms with van der Waals surface area (Å²) in [5.41, 5.74) is 2.95. The first-order valence-electron chi connectivity index (χ1n) is 9.01. The number of rotatable bonds is 4. The average molecular weight is 378 g/mol. The normalized spacial score (nSPS) is 11.2. The number of benzene rings is 2. The van der Waals surface area contributed by atoms with Crippen LogP contribution in [0.5, 0.6) is 0 Å². The Labute approximate surface area is 164 Å². The third kappa shape index (κ3) is 4.71. The van der Waals surface area contributed by atoms with Crippen molar-refractivity contribution in [3.63, 3.8) is 0 Å². The number of hydrogen-bond acceptors (Lipinski definition) is 4.